The third-order valence-electron chi connectivity index (χ3n) is 2.42. The quantitative estimate of drug-likeness (QED) is 0.719. The highest BCUT2D eigenvalue weighted by molar-refractivity contribution is 8.14. The molecular formula is C7H11ClO4S. The van der Waals surface area contributed by atoms with Crippen molar-refractivity contribution in [1.82, 2.24) is 0 Å². The van der Waals surface area contributed by atoms with E-state index in [1.807, 2.05) is 0 Å². The summed E-state index contributed by atoms with van der Waals surface area (Å²) in [5.41, 5.74) is 0. The average molecular weight is 227 g/mol. The molecule has 6 heteroatoms. The third-order valence-corrected chi connectivity index (χ3v) is 4.45. The molecule has 0 aliphatic heterocycles. The van der Waals surface area contributed by atoms with Gasteiger partial charge < -0.3 is 5.11 Å². The number of hydrogen-bond acceptors (Lipinski definition) is 3. The first-order valence-corrected chi connectivity index (χ1v) is 6.45. The Morgan fingerprint density at radius 1 is 1.23 bits per heavy atom. The number of halogens is 1. The van der Waals surface area contributed by atoms with Gasteiger partial charge in [-0.1, -0.05) is 0 Å². The Labute approximate surface area is 81.3 Å². The average Bonchev–Trinajstić information content (AvgIpc) is 2.03. The molecule has 0 aromatic rings. The van der Waals surface area contributed by atoms with Crippen LogP contribution in [0, 0.1) is 5.92 Å². The number of hydrogen-bond donors (Lipinski definition) is 1. The number of rotatable bonds is 2. The summed E-state index contributed by atoms with van der Waals surface area (Å²) < 4.78 is 21.8. The van der Waals surface area contributed by atoms with Gasteiger partial charge in [0.15, 0.2) is 0 Å². The summed E-state index contributed by atoms with van der Waals surface area (Å²) in [7, 11) is 1.67. The van der Waals surface area contributed by atoms with E-state index >= 15 is 0 Å². The van der Waals surface area contributed by atoms with Gasteiger partial charge in [0, 0.05) is 10.7 Å². The summed E-state index contributed by atoms with van der Waals surface area (Å²) in [6.07, 6.45) is 1.55. The van der Waals surface area contributed by atoms with Crippen LogP contribution in [0.25, 0.3) is 0 Å². The van der Waals surface area contributed by atoms with Crippen LogP contribution in [-0.2, 0) is 13.8 Å². The molecule has 0 amide bonds. The van der Waals surface area contributed by atoms with Gasteiger partial charge in [-0.3, -0.25) is 4.79 Å². The maximum Gasteiger partial charge on any atom is 0.306 e. The van der Waals surface area contributed by atoms with Crippen molar-refractivity contribution in [1.29, 1.82) is 0 Å². The largest absolute Gasteiger partial charge is 0.481 e. The molecule has 0 heterocycles. The zero-order chi connectivity index (χ0) is 10.1. The van der Waals surface area contributed by atoms with Gasteiger partial charge in [-0.2, -0.15) is 0 Å². The van der Waals surface area contributed by atoms with Crippen molar-refractivity contribution < 1.29 is 18.3 Å². The molecule has 13 heavy (non-hydrogen) atoms. The lowest BCUT2D eigenvalue weighted by Crippen LogP contribution is -2.27. The molecule has 1 aliphatic carbocycles. The summed E-state index contributed by atoms with van der Waals surface area (Å²) in [6.45, 7) is 0. The Kier molecular flexibility index (Phi) is 3.18. The smallest absolute Gasteiger partial charge is 0.306 e. The highest BCUT2D eigenvalue weighted by atomic mass is 35.7. The van der Waals surface area contributed by atoms with Crippen LogP contribution in [0.4, 0.5) is 0 Å². The van der Waals surface area contributed by atoms with Crippen LogP contribution in [-0.4, -0.2) is 24.7 Å². The van der Waals surface area contributed by atoms with Crippen LogP contribution in [0.5, 0.6) is 0 Å². The maximum absolute atomic E-state index is 10.9. The van der Waals surface area contributed by atoms with Gasteiger partial charge in [-0.05, 0) is 25.7 Å². The minimum atomic E-state index is -3.50. The number of carboxylic acid groups (broad SMARTS) is 1. The molecule has 0 atom stereocenters. The molecule has 0 unspecified atom stereocenters. The fourth-order valence-electron chi connectivity index (χ4n) is 1.59. The first kappa shape index (κ1) is 10.8. The van der Waals surface area contributed by atoms with Crippen molar-refractivity contribution in [2.45, 2.75) is 30.9 Å². The summed E-state index contributed by atoms with van der Waals surface area (Å²) >= 11 is 0. The minimum Gasteiger partial charge on any atom is -0.481 e. The van der Waals surface area contributed by atoms with E-state index in [9.17, 15) is 13.2 Å². The van der Waals surface area contributed by atoms with E-state index in [2.05, 4.69) is 0 Å². The Morgan fingerprint density at radius 2 is 1.69 bits per heavy atom. The monoisotopic (exact) mass is 226 g/mol. The molecule has 0 saturated heterocycles. The minimum absolute atomic E-state index is 0.364. The Hall–Kier alpha value is -0.290. The molecule has 0 bridgehead atoms. The van der Waals surface area contributed by atoms with Crippen LogP contribution in [0.1, 0.15) is 25.7 Å². The molecule has 0 aromatic heterocycles. The van der Waals surface area contributed by atoms with E-state index < -0.39 is 26.2 Å². The Balaban J connectivity index is 2.53. The van der Waals surface area contributed by atoms with E-state index in [0.29, 0.717) is 25.7 Å². The summed E-state index contributed by atoms with van der Waals surface area (Å²) in [5, 5.41) is 8.09. The summed E-state index contributed by atoms with van der Waals surface area (Å²) in [4.78, 5) is 10.5. The second-order valence-corrected chi connectivity index (χ2v) is 6.20. The van der Waals surface area contributed by atoms with Crippen molar-refractivity contribution in [2.75, 3.05) is 0 Å². The predicted octanol–water partition coefficient (Wildman–Crippen LogP) is 1.20. The molecule has 0 aromatic carbocycles. The second kappa shape index (κ2) is 3.84. The number of carbonyl (C=O) groups is 1. The topological polar surface area (TPSA) is 71.4 Å². The number of carboxylic acids is 1. The first-order valence-electron chi connectivity index (χ1n) is 4.07. The van der Waals surface area contributed by atoms with Gasteiger partial charge in [0.25, 0.3) is 0 Å². The lowest BCUT2D eigenvalue weighted by molar-refractivity contribution is -0.142. The second-order valence-electron chi connectivity index (χ2n) is 3.29. The highest BCUT2D eigenvalue weighted by Gasteiger charge is 2.32. The van der Waals surface area contributed by atoms with Gasteiger partial charge in [-0.25, -0.2) is 8.42 Å². The van der Waals surface area contributed by atoms with Gasteiger partial charge in [-0.15, -0.1) is 0 Å². The molecule has 1 N–H and O–H groups in total. The van der Waals surface area contributed by atoms with E-state index in [-0.39, 0.29) is 0 Å². The standard InChI is InChI=1S/C7H11ClO4S/c8-13(11,12)6-3-1-5(2-4-6)7(9)10/h5-6H,1-4H2,(H,9,10). The number of aliphatic carboxylic acids is 1. The molecule has 1 rings (SSSR count). The zero-order valence-electron chi connectivity index (χ0n) is 6.94. The van der Waals surface area contributed by atoms with Crippen LogP contribution >= 0.6 is 10.7 Å². The van der Waals surface area contributed by atoms with Gasteiger partial charge in [0.05, 0.1) is 11.2 Å². The summed E-state index contributed by atoms with van der Waals surface area (Å²) in [6, 6.07) is 0. The highest BCUT2D eigenvalue weighted by Crippen LogP contribution is 2.30. The first-order chi connectivity index (χ1) is 5.91. The van der Waals surface area contributed by atoms with Gasteiger partial charge in [0.2, 0.25) is 9.05 Å². The Morgan fingerprint density at radius 3 is 2.00 bits per heavy atom. The molecule has 0 spiro atoms. The molecule has 1 saturated carbocycles. The fourth-order valence-corrected chi connectivity index (χ4v) is 2.96. The maximum atomic E-state index is 10.9. The molecule has 1 aliphatic rings. The third kappa shape index (κ3) is 2.84. The van der Waals surface area contributed by atoms with Crippen LogP contribution in [0.15, 0.2) is 0 Å². The lowest BCUT2D eigenvalue weighted by atomic mass is 9.89. The van der Waals surface area contributed by atoms with Crippen molar-refractivity contribution in [3.05, 3.63) is 0 Å². The summed E-state index contributed by atoms with van der Waals surface area (Å²) in [5.74, 6) is -1.24. The van der Waals surface area contributed by atoms with E-state index in [4.69, 9.17) is 15.8 Å². The van der Waals surface area contributed by atoms with E-state index in [0.717, 1.165) is 0 Å². The van der Waals surface area contributed by atoms with Crippen molar-refractivity contribution >= 4 is 25.7 Å². The molecular weight excluding hydrogens is 216 g/mol. The van der Waals surface area contributed by atoms with Crippen LogP contribution in [0.2, 0.25) is 0 Å². The van der Waals surface area contributed by atoms with Crippen molar-refractivity contribution in [3.63, 3.8) is 0 Å². The van der Waals surface area contributed by atoms with E-state index in [1.54, 1.807) is 0 Å². The van der Waals surface area contributed by atoms with Crippen molar-refractivity contribution in [2.24, 2.45) is 5.92 Å². The SMILES string of the molecule is O=C(O)C1CCC(S(=O)(=O)Cl)CC1. The van der Waals surface area contributed by atoms with Gasteiger partial charge >= 0.3 is 5.97 Å². The fraction of sp³-hybridized carbons (Fsp3) is 0.857. The molecule has 76 valence electrons. The van der Waals surface area contributed by atoms with Crippen LogP contribution in [0.3, 0.4) is 0 Å². The van der Waals surface area contributed by atoms with Crippen molar-refractivity contribution in [3.8, 4) is 0 Å². The lowest BCUT2D eigenvalue weighted by Gasteiger charge is -2.23. The van der Waals surface area contributed by atoms with Gasteiger partial charge in [0.1, 0.15) is 0 Å². The molecule has 4 nitrogen and oxygen atoms in total. The molecule has 1 fully saturated rings. The molecule has 0 radical (unpaired) electrons. The normalized spacial score (nSPS) is 29.9. The Bertz CT molecular complexity index is 290. The van der Waals surface area contributed by atoms with Crippen LogP contribution < -0.4 is 0 Å². The van der Waals surface area contributed by atoms with E-state index in [1.165, 1.54) is 0 Å². The predicted molar refractivity (Wildman–Crippen MR) is 48.2 cm³/mol. The zero-order valence-corrected chi connectivity index (χ0v) is 8.51.